The molecule has 0 saturated heterocycles. The monoisotopic (exact) mass is 595 g/mol. The van der Waals surface area contributed by atoms with Crippen LogP contribution in [0.25, 0.3) is 22.6 Å². The Hall–Kier alpha value is -4.49. The first-order valence-corrected chi connectivity index (χ1v) is 15.2. The third-order valence-electron chi connectivity index (χ3n) is 7.46. The van der Waals surface area contributed by atoms with Crippen LogP contribution in [0.5, 0.6) is 11.5 Å². The largest absolute Gasteiger partial charge is 0.494 e. The fraction of sp³-hybridized carbons (Fsp3) is 0.270. The van der Waals surface area contributed by atoms with Crippen molar-refractivity contribution in [2.24, 2.45) is 0 Å². The second-order valence-electron chi connectivity index (χ2n) is 10.7. The highest BCUT2D eigenvalue weighted by molar-refractivity contribution is 5.68. The summed E-state index contributed by atoms with van der Waals surface area (Å²) in [5.41, 5.74) is 6.42. The van der Waals surface area contributed by atoms with E-state index in [1.54, 1.807) is 12.1 Å². The average molecular weight is 596 g/mol. The highest BCUT2D eigenvalue weighted by Crippen LogP contribution is 2.32. The highest BCUT2D eigenvalue weighted by Gasteiger charge is 2.22. The van der Waals surface area contributed by atoms with E-state index in [0.29, 0.717) is 26.2 Å². The lowest BCUT2D eigenvalue weighted by Crippen LogP contribution is -2.24. The van der Waals surface area contributed by atoms with E-state index >= 15 is 0 Å². The number of ether oxygens (including phenoxy) is 2. The molecular formula is C37H39F2N3O2. The van der Waals surface area contributed by atoms with E-state index in [1.807, 2.05) is 55.5 Å². The lowest BCUT2D eigenvalue weighted by atomic mass is 10.1. The molecule has 5 rings (SSSR count). The van der Waals surface area contributed by atoms with Gasteiger partial charge in [-0.15, -0.1) is 0 Å². The number of halogens is 2. The molecule has 5 nitrogen and oxygen atoms in total. The zero-order valence-electron chi connectivity index (χ0n) is 25.3. The number of nitrogens with zero attached hydrogens (tertiary/aromatic N) is 3. The first kappa shape index (κ1) is 31.0. The van der Waals surface area contributed by atoms with Gasteiger partial charge in [-0.1, -0.05) is 98.3 Å². The van der Waals surface area contributed by atoms with Crippen LogP contribution >= 0.6 is 0 Å². The van der Waals surface area contributed by atoms with Gasteiger partial charge in [-0.25, -0.2) is 4.98 Å². The topological polar surface area (TPSA) is 39.5 Å². The maximum Gasteiger partial charge on any atom is 0.387 e. The standard InChI is InChI=1S/C37H39F2N3O2/c1-3-5-24-42-34(35(30-12-8-6-9-13-30)40-36(42)31-14-10-7-11-15-31)27-41(25-28-16-20-32(21-17-28)43-4-2)26-29-18-22-33(23-19-29)44-37(38)39/h6-23,37H,3-5,24-27H2,1-2H3. The van der Waals surface area contributed by atoms with E-state index in [-0.39, 0.29) is 5.75 Å². The summed E-state index contributed by atoms with van der Waals surface area (Å²) >= 11 is 0. The van der Waals surface area contributed by atoms with Crippen LogP contribution in [-0.4, -0.2) is 27.7 Å². The molecule has 4 aromatic carbocycles. The number of imidazole rings is 1. The molecule has 44 heavy (non-hydrogen) atoms. The van der Waals surface area contributed by atoms with Crippen LogP contribution in [0, 0.1) is 0 Å². The van der Waals surface area contributed by atoms with Crippen LogP contribution in [0.4, 0.5) is 8.78 Å². The molecule has 0 bridgehead atoms. The number of hydrogen-bond donors (Lipinski definition) is 0. The molecule has 0 aliphatic heterocycles. The first-order valence-electron chi connectivity index (χ1n) is 15.2. The molecular weight excluding hydrogens is 556 g/mol. The molecule has 228 valence electrons. The number of unbranched alkanes of at least 4 members (excludes halogenated alkanes) is 1. The number of benzene rings is 4. The minimum Gasteiger partial charge on any atom is -0.494 e. The van der Waals surface area contributed by atoms with Gasteiger partial charge in [-0.2, -0.15) is 8.78 Å². The fourth-order valence-electron chi connectivity index (χ4n) is 5.37. The average Bonchev–Trinajstić information content (AvgIpc) is 3.40. The Labute approximate surface area is 258 Å². The number of hydrogen-bond acceptors (Lipinski definition) is 4. The summed E-state index contributed by atoms with van der Waals surface area (Å²) in [6.45, 7) is 4.72. The van der Waals surface area contributed by atoms with Gasteiger partial charge in [0.25, 0.3) is 0 Å². The van der Waals surface area contributed by atoms with Gasteiger partial charge in [0.15, 0.2) is 0 Å². The van der Waals surface area contributed by atoms with Crippen LogP contribution in [0.15, 0.2) is 109 Å². The quantitative estimate of drug-likeness (QED) is 0.121. The molecule has 0 aliphatic carbocycles. The molecule has 0 radical (unpaired) electrons. The number of aromatic nitrogens is 2. The van der Waals surface area contributed by atoms with Crippen LogP contribution in [0.2, 0.25) is 0 Å². The summed E-state index contributed by atoms with van der Waals surface area (Å²) in [4.78, 5) is 7.65. The molecule has 1 heterocycles. The normalized spacial score (nSPS) is 11.3. The van der Waals surface area contributed by atoms with Gasteiger partial charge in [0, 0.05) is 37.3 Å². The second-order valence-corrected chi connectivity index (χ2v) is 10.7. The molecule has 5 aromatic rings. The molecule has 0 spiro atoms. The lowest BCUT2D eigenvalue weighted by molar-refractivity contribution is -0.0498. The Balaban J connectivity index is 1.55. The SMILES string of the molecule is CCCCn1c(-c2ccccc2)nc(-c2ccccc2)c1CN(Cc1ccc(OCC)cc1)Cc1ccc(OC(F)F)cc1. The van der Waals surface area contributed by atoms with Crippen molar-refractivity contribution in [3.8, 4) is 34.1 Å². The molecule has 1 aromatic heterocycles. The van der Waals surface area contributed by atoms with Gasteiger partial charge in [0.05, 0.1) is 18.0 Å². The van der Waals surface area contributed by atoms with Gasteiger partial charge in [0.2, 0.25) is 0 Å². The molecule has 0 aliphatic rings. The third kappa shape index (κ3) is 8.11. The van der Waals surface area contributed by atoms with Crippen molar-refractivity contribution >= 4 is 0 Å². The van der Waals surface area contributed by atoms with Gasteiger partial charge in [0.1, 0.15) is 17.3 Å². The van der Waals surface area contributed by atoms with E-state index in [0.717, 1.165) is 64.6 Å². The Morgan fingerprint density at radius 2 is 1.27 bits per heavy atom. The van der Waals surface area contributed by atoms with Gasteiger partial charge >= 0.3 is 6.61 Å². The zero-order valence-corrected chi connectivity index (χ0v) is 25.3. The molecule has 7 heteroatoms. The van der Waals surface area contributed by atoms with Crippen molar-refractivity contribution in [3.63, 3.8) is 0 Å². The zero-order chi connectivity index (χ0) is 30.7. The van der Waals surface area contributed by atoms with E-state index in [4.69, 9.17) is 9.72 Å². The van der Waals surface area contributed by atoms with E-state index < -0.39 is 6.61 Å². The van der Waals surface area contributed by atoms with E-state index in [9.17, 15) is 8.78 Å². The lowest BCUT2D eigenvalue weighted by Gasteiger charge is -2.25. The van der Waals surface area contributed by atoms with Crippen molar-refractivity contribution in [2.45, 2.75) is 59.5 Å². The molecule has 0 fully saturated rings. The van der Waals surface area contributed by atoms with Crippen molar-refractivity contribution < 1.29 is 18.3 Å². The minimum atomic E-state index is -2.85. The van der Waals surface area contributed by atoms with Crippen molar-refractivity contribution in [1.29, 1.82) is 0 Å². The molecule has 0 unspecified atom stereocenters. The summed E-state index contributed by atoms with van der Waals surface area (Å²) < 4.78 is 38.2. The molecule has 0 N–H and O–H groups in total. The van der Waals surface area contributed by atoms with Crippen molar-refractivity contribution in [2.75, 3.05) is 6.61 Å². The summed E-state index contributed by atoms with van der Waals surface area (Å²) in [5.74, 6) is 1.95. The smallest absolute Gasteiger partial charge is 0.387 e. The maximum absolute atomic E-state index is 12.8. The van der Waals surface area contributed by atoms with Gasteiger partial charge in [-0.05, 0) is 48.7 Å². The van der Waals surface area contributed by atoms with E-state index in [2.05, 4.69) is 69.7 Å². The fourth-order valence-corrected chi connectivity index (χ4v) is 5.37. The predicted octanol–water partition coefficient (Wildman–Crippen LogP) is 9.22. The van der Waals surface area contributed by atoms with E-state index in [1.165, 1.54) is 0 Å². The predicted molar refractivity (Wildman–Crippen MR) is 172 cm³/mol. The first-order chi connectivity index (χ1) is 21.5. The highest BCUT2D eigenvalue weighted by atomic mass is 19.3. The molecule has 0 atom stereocenters. The van der Waals surface area contributed by atoms with Gasteiger partial charge < -0.3 is 14.0 Å². The Kier molecular flexibility index (Phi) is 10.8. The summed E-state index contributed by atoms with van der Waals surface area (Å²) in [6.07, 6.45) is 2.09. The van der Waals surface area contributed by atoms with Crippen LogP contribution < -0.4 is 9.47 Å². The third-order valence-corrected chi connectivity index (χ3v) is 7.46. The Morgan fingerprint density at radius 1 is 0.705 bits per heavy atom. The Morgan fingerprint density at radius 3 is 1.82 bits per heavy atom. The van der Waals surface area contributed by atoms with Crippen LogP contribution in [0.1, 0.15) is 43.5 Å². The minimum absolute atomic E-state index is 0.151. The van der Waals surface area contributed by atoms with Crippen LogP contribution in [-0.2, 0) is 26.2 Å². The number of alkyl halides is 2. The molecule has 0 amide bonds. The van der Waals surface area contributed by atoms with Crippen molar-refractivity contribution in [1.82, 2.24) is 14.5 Å². The Bertz CT molecular complexity index is 1570. The molecule has 0 saturated carbocycles. The number of rotatable bonds is 15. The maximum atomic E-state index is 12.8. The van der Waals surface area contributed by atoms with Gasteiger partial charge in [-0.3, -0.25) is 4.90 Å². The summed E-state index contributed by atoms with van der Waals surface area (Å²) in [5, 5.41) is 0. The summed E-state index contributed by atoms with van der Waals surface area (Å²) in [6, 6.07) is 35.8. The van der Waals surface area contributed by atoms with Crippen LogP contribution in [0.3, 0.4) is 0 Å². The summed E-state index contributed by atoms with van der Waals surface area (Å²) in [7, 11) is 0. The van der Waals surface area contributed by atoms with Crippen molar-refractivity contribution in [3.05, 3.63) is 126 Å². The second kappa shape index (κ2) is 15.3.